The number of thioether (sulfide) groups is 1. The van der Waals surface area contributed by atoms with Gasteiger partial charge in [-0.3, -0.25) is 14.5 Å². The second kappa shape index (κ2) is 9.26. The summed E-state index contributed by atoms with van der Waals surface area (Å²) in [6.07, 6.45) is 4.24. The molecule has 6 nitrogen and oxygen atoms in total. The number of carbonyl (C=O) groups is 2. The van der Waals surface area contributed by atoms with Crippen LogP contribution in [0.25, 0.3) is 6.08 Å². The molecule has 2 saturated heterocycles. The smallest absolute Gasteiger partial charge is 0.293 e. The molecule has 2 aromatic carbocycles. The third-order valence-electron chi connectivity index (χ3n) is 5.18. The van der Waals surface area contributed by atoms with Crippen LogP contribution in [-0.2, 0) is 4.79 Å². The molecule has 156 valence electrons. The number of nitrogens with zero attached hydrogens (tertiary/aromatic N) is 2. The monoisotopic (exact) mass is 424 g/mol. The van der Waals surface area contributed by atoms with E-state index in [1.165, 1.54) is 23.4 Å². The molecule has 0 unspecified atom stereocenters. The van der Waals surface area contributed by atoms with Gasteiger partial charge in [-0.15, -0.1) is 0 Å². The lowest BCUT2D eigenvalue weighted by atomic mass is 10.2. The Labute approximate surface area is 180 Å². The predicted octanol–water partition coefficient (Wildman–Crippen LogP) is 4.41. The van der Waals surface area contributed by atoms with Crippen LogP contribution in [-0.4, -0.2) is 49.4 Å². The van der Waals surface area contributed by atoms with E-state index >= 15 is 0 Å². The highest BCUT2D eigenvalue weighted by molar-refractivity contribution is 8.18. The number of hydrogen-bond acceptors (Lipinski definition) is 6. The SMILES string of the molecule is COc1ccccc1OCCN1C(=O)S/C(=C\c2ccc(N3CCCC3)cc2)C1=O. The summed E-state index contributed by atoms with van der Waals surface area (Å²) in [7, 11) is 1.57. The molecule has 0 saturated carbocycles. The maximum absolute atomic E-state index is 12.7. The third kappa shape index (κ3) is 4.46. The molecule has 0 aromatic heterocycles. The lowest BCUT2D eigenvalue weighted by Gasteiger charge is -2.17. The van der Waals surface area contributed by atoms with Crippen LogP contribution in [0.4, 0.5) is 10.5 Å². The molecule has 0 bridgehead atoms. The molecule has 0 aliphatic carbocycles. The van der Waals surface area contributed by atoms with Crippen LogP contribution in [0.15, 0.2) is 53.4 Å². The summed E-state index contributed by atoms with van der Waals surface area (Å²) in [6, 6.07) is 15.4. The summed E-state index contributed by atoms with van der Waals surface area (Å²) in [5.41, 5.74) is 2.11. The van der Waals surface area contributed by atoms with Gasteiger partial charge in [-0.05, 0) is 60.5 Å². The Hall–Kier alpha value is -2.93. The number of carbonyl (C=O) groups excluding carboxylic acids is 2. The molecule has 30 heavy (non-hydrogen) atoms. The molecule has 0 spiro atoms. The summed E-state index contributed by atoms with van der Waals surface area (Å²) in [5.74, 6) is 0.918. The van der Waals surface area contributed by atoms with Gasteiger partial charge in [0, 0.05) is 18.8 Å². The number of imide groups is 1. The lowest BCUT2D eigenvalue weighted by Crippen LogP contribution is -2.32. The molecule has 2 aliphatic heterocycles. The van der Waals surface area contributed by atoms with Crippen LogP contribution in [0.2, 0.25) is 0 Å². The van der Waals surface area contributed by atoms with Crippen molar-refractivity contribution in [2.24, 2.45) is 0 Å². The molecule has 2 aliphatic rings. The first-order valence-electron chi connectivity index (χ1n) is 10.0. The van der Waals surface area contributed by atoms with E-state index in [0.717, 1.165) is 30.4 Å². The van der Waals surface area contributed by atoms with Crippen molar-refractivity contribution in [3.05, 3.63) is 59.0 Å². The second-order valence-corrected chi connectivity index (χ2v) is 8.11. The number of benzene rings is 2. The van der Waals surface area contributed by atoms with Crippen molar-refractivity contribution in [3.63, 3.8) is 0 Å². The zero-order chi connectivity index (χ0) is 20.9. The van der Waals surface area contributed by atoms with Crippen molar-refractivity contribution in [1.82, 2.24) is 4.90 Å². The summed E-state index contributed by atoms with van der Waals surface area (Å²) in [4.78, 5) is 29.0. The number of amides is 2. The van der Waals surface area contributed by atoms with Crippen molar-refractivity contribution < 1.29 is 19.1 Å². The van der Waals surface area contributed by atoms with Crippen molar-refractivity contribution in [2.45, 2.75) is 12.8 Å². The molecule has 7 heteroatoms. The molecule has 2 amide bonds. The van der Waals surface area contributed by atoms with Crippen LogP contribution in [0.1, 0.15) is 18.4 Å². The number of ether oxygens (including phenoxy) is 2. The zero-order valence-corrected chi connectivity index (χ0v) is 17.7. The normalized spacial score (nSPS) is 17.8. The number of rotatable bonds is 7. The quantitative estimate of drug-likeness (QED) is 0.614. The summed E-state index contributed by atoms with van der Waals surface area (Å²) in [6.45, 7) is 2.58. The first kappa shape index (κ1) is 20.3. The highest BCUT2D eigenvalue weighted by Crippen LogP contribution is 2.33. The van der Waals surface area contributed by atoms with E-state index in [4.69, 9.17) is 9.47 Å². The van der Waals surface area contributed by atoms with Gasteiger partial charge in [-0.25, -0.2) is 0 Å². The Bertz CT molecular complexity index is 952. The second-order valence-electron chi connectivity index (χ2n) is 7.12. The molecule has 0 N–H and O–H groups in total. The van der Waals surface area contributed by atoms with E-state index in [1.54, 1.807) is 25.3 Å². The number of anilines is 1. The van der Waals surface area contributed by atoms with Crippen molar-refractivity contribution >= 4 is 34.7 Å². The fraction of sp³-hybridized carbons (Fsp3) is 0.304. The molecule has 0 radical (unpaired) electrons. The molecular formula is C23H24N2O4S. The van der Waals surface area contributed by atoms with Crippen LogP contribution < -0.4 is 14.4 Å². The fourth-order valence-electron chi connectivity index (χ4n) is 3.59. The van der Waals surface area contributed by atoms with Gasteiger partial charge in [-0.1, -0.05) is 24.3 Å². The maximum Gasteiger partial charge on any atom is 0.293 e. The molecule has 2 aromatic rings. The lowest BCUT2D eigenvalue weighted by molar-refractivity contribution is -0.123. The van der Waals surface area contributed by atoms with Gasteiger partial charge in [0.1, 0.15) is 6.61 Å². The topological polar surface area (TPSA) is 59.1 Å². The van der Waals surface area contributed by atoms with Gasteiger partial charge in [0.2, 0.25) is 0 Å². The van der Waals surface area contributed by atoms with Crippen molar-refractivity contribution in [2.75, 3.05) is 38.3 Å². The predicted molar refractivity (Wildman–Crippen MR) is 119 cm³/mol. The fourth-order valence-corrected chi connectivity index (χ4v) is 4.45. The standard InChI is InChI=1S/C23H24N2O4S/c1-28-19-6-2-3-7-20(19)29-15-14-25-22(26)21(30-23(25)27)16-17-8-10-18(11-9-17)24-12-4-5-13-24/h2-3,6-11,16H,4-5,12-15H2,1H3/b21-16-. The van der Waals surface area contributed by atoms with E-state index in [0.29, 0.717) is 16.4 Å². The summed E-state index contributed by atoms with van der Waals surface area (Å²) in [5, 5.41) is -0.274. The Kier molecular flexibility index (Phi) is 6.28. The zero-order valence-electron chi connectivity index (χ0n) is 16.9. The minimum atomic E-state index is -0.280. The van der Waals surface area contributed by atoms with Crippen molar-refractivity contribution in [1.29, 1.82) is 0 Å². The van der Waals surface area contributed by atoms with Crippen molar-refractivity contribution in [3.8, 4) is 11.5 Å². The van der Waals surface area contributed by atoms with Crippen LogP contribution >= 0.6 is 11.8 Å². The van der Waals surface area contributed by atoms with Crippen LogP contribution in [0, 0.1) is 0 Å². The van der Waals surface area contributed by atoms with Gasteiger partial charge in [0.25, 0.3) is 11.1 Å². The molecule has 4 rings (SSSR count). The Morgan fingerprint density at radius 1 is 1.00 bits per heavy atom. The summed E-state index contributed by atoms with van der Waals surface area (Å²) >= 11 is 0.968. The van der Waals surface area contributed by atoms with Crippen LogP contribution in [0.5, 0.6) is 11.5 Å². The van der Waals surface area contributed by atoms with E-state index in [-0.39, 0.29) is 24.3 Å². The van der Waals surface area contributed by atoms with Gasteiger partial charge in [0.15, 0.2) is 11.5 Å². The highest BCUT2D eigenvalue weighted by Gasteiger charge is 2.34. The Morgan fingerprint density at radius 3 is 2.40 bits per heavy atom. The Morgan fingerprint density at radius 2 is 1.70 bits per heavy atom. The van der Waals surface area contributed by atoms with E-state index in [1.807, 2.05) is 24.3 Å². The van der Waals surface area contributed by atoms with Crippen LogP contribution in [0.3, 0.4) is 0 Å². The molecule has 2 heterocycles. The van der Waals surface area contributed by atoms with Gasteiger partial charge >= 0.3 is 0 Å². The van der Waals surface area contributed by atoms with Gasteiger partial charge < -0.3 is 14.4 Å². The van der Waals surface area contributed by atoms with E-state index in [2.05, 4.69) is 17.0 Å². The number of para-hydroxylation sites is 2. The maximum atomic E-state index is 12.7. The average Bonchev–Trinajstić information content (AvgIpc) is 3.39. The number of hydrogen-bond donors (Lipinski definition) is 0. The molecular weight excluding hydrogens is 400 g/mol. The van der Waals surface area contributed by atoms with E-state index in [9.17, 15) is 9.59 Å². The largest absolute Gasteiger partial charge is 0.493 e. The molecule has 0 atom stereocenters. The van der Waals surface area contributed by atoms with Gasteiger partial charge in [-0.2, -0.15) is 0 Å². The summed E-state index contributed by atoms with van der Waals surface area (Å²) < 4.78 is 10.9. The minimum absolute atomic E-state index is 0.188. The first-order chi connectivity index (χ1) is 14.7. The van der Waals surface area contributed by atoms with E-state index < -0.39 is 0 Å². The average molecular weight is 425 g/mol. The number of methoxy groups -OCH3 is 1. The first-order valence-corrected chi connectivity index (χ1v) is 10.8. The third-order valence-corrected chi connectivity index (χ3v) is 6.08. The highest BCUT2D eigenvalue weighted by atomic mass is 32.2. The minimum Gasteiger partial charge on any atom is -0.493 e. The van der Waals surface area contributed by atoms with Gasteiger partial charge in [0.05, 0.1) is 18.6 Å². The Balaban J connectivity index is 1.37. The molecule has 2 fully saturated rings.